The van der Waals surface area contributed by atoms with Gasteiger partial charge < -0.3 is 14.2 Å². The number of hydrogen-bond acceptors (Lipinski definition) is 8. The molecule has 0 fully saturated rings. The van der Waals surface area contributed by atoms with Crippen molar-refractivity contribution in [2.24, 2.45) is 5.92 Å². The van der Waals surface area contributed by atoms with E-state index in [0.717, 1.165) is 15.4 Å². The first-order valence-corrected chi connectivity index (χ1v) is 10.0. The van der Waals surface area contributed by atoms with E-state index in [0.29, 0.717) is 12.0 Å². The molecule has 1 aliphatic carbocycles. The average Bonchev–Trinajstić information content (AvgIpc) is 2.74. The number of hydrogen-bond donors (Lipinski definition) is 0. The van der Waals surface area contributed by atoms with E-state index < -0.39 is 30.4 Å². The molecule has 1 aromatic carbocycles. The second-order valence-electron chi connectivity index (χ2n) is 6.67. The molecule has 1 aromatic rings. The molecule has 156 valence electrons. The zero-order chi connectivity index (χ0) is 21.7. The van der Waals surface area contributed by atoms with Crippen LogP contribution in [-0.2, 0) is 39.8 Å². The van der Waals surface area contributed by atoms with Crippen LogP contribution >= 0.6 is 11.8 Å². The first-order chi connectivity index (χ1) is 14.4. The van der Waals surface area contributed by atoms with Crippen LogP contribution in [0.2, 0.25) is 0 Å². The van der Waals surface area contributed by atoms with Gasteiger partial charge in [-0.2, -0.15) is 0 Å². The molecule has 30 heavy (non-hydrogen) atoms. The van der Waals surface area contributed by atoms with Crippen molar-refractivity contribution in [3.8, 4) is 0 Å². The SMILES string of the molecule is C=C(C)C(=O)OCCOC(=O)COC(=O)C1C=CC2=C(Cc3ccccc3S2)C1=O. The number of ether oxygens (including phenoxy) is 3. The van der Waals surface area contributed by atoms with Crippen LogP contribution in [-0.4, -0.2) is 43.5 Å². The summed E-state index contributed by atoms with van der Waals surface area (Å²) >= 11 is 1.50. The Labute approximate surface area is 177 Å². The summed E-state index contributed by atoms with van der Waals surface area (Å²) in [7, 11) is 0. The monoisotopic (exact) mass is 428 g/mol. The van der Waals surface area contributed by atoms with Gasteiger partial charge in [-0.15, -0.1) is 0 Å². The van der Waals surface area contributed by atoms with E-state index in [1.165, 1.54) is 24.8 Å². The smallest absolute Gasteiger partial charge is 0.344 e. The van der Waals surface area contributed by atoms with E-state index in [-0.39, 0.29) is 24.6 Å². The van der Waals surface area contributed by atoms with E-state index in [9.17, 15) is 19.2 Å². The molecule has 0 amide bonds. The van der Waals surface area contributed by atoms with E-state index in [4.69, 9.17) is 14.2 Å². The predicted octanol–water partition coefficient (Wildman–Crippen LogP) is 2.55. The number of allylic oxidation sites excluding steroid dienone is 2. The molecule has 1 aliphatic heterocycles. The standard InChI is InChI=1S/C22H20O7S/c1-13(2)21(25)28-10-9-27-19(23)12-29-22(26)15-7-8-18-16(20(15)24)11-14-5-3-4-6-17(14)30-18/h3-8,15H,1,9-12H2,2H3. The van der Waals surface area contributed by atoms with Gasteiger partial charge in [-0.25, -0.2) is 9.59 Å². The Morgan fingerprint density at radius 3 is 2.63 bits per heavy atom. The second kappa shape index (κ2) is 9.58. The largest absolute Gasteiger partial charge is 0.460 e. The van der Waals surface area contributed by atoms with E-state index >= 15 is 0 Å². The van der Waals surface area contributed by atoms with Gasteiger partial charge in [-0.05, 0) is 18.6 Å². The van der Waals surface area contributed by atoms with Crippen LogP contribution in [0.1, 0.15) is 12.5 Å². The van der Waals surface area contributed by atoms with Crippen LogP contribution < -0.4 is 0 Å². The lowest BCUT2D eigenvalue weighted by Gasteiger charge is -2.25. The number of benzene rings is 1. The van der Waals surface area contributed by atoms with Crippen LogP contribution in [0, 0.1) is 5.92 Å². The van der Waals surface area contributed by atoms with Crippen LogP contribution in [0.15, 0.2) is 63.9 Å². The molecule has 0 saturated carbocycles. The maximum atomic E-state index is 12.8. The van der Waals surface area contributed by atoms with Gasteiger partial charge in [0.05, 0.1) is 0 Å². The number of ketones is 1. The fourth-order valence-corrected chi connectivity index (χ4v) is 3.97. The first-order valence-electron chi connectivity index (χ1n) is 9.23. The molecule has 0 saturated heterocycles. The number of carbonyl (C=O) groups excluding carboxylic acids is 4. The Bertz CT molecular complexity index is 973. The van der Waals surface area contributed by atoms with Crippen LogP contribution in [0.25, 0.3) is 0 Å². The number of rotatable bonds is 7. The first kappa shape index (κ1) is 21.6. The van der Waals surface area contributed by atoms with E-state index in [1.54, 1.807) is 6.08 Å². The quantitative estimate of drug-likeness (QED) is 0.215. The molecule has 0 bridgehead atoms. The van der Waals surface area contributed by atoms with Crippen molar-refractivity contribution in [1.82, 2.24) is 0 Å². The zero-order valence-electron chi connectivity index (χ0n) is 16.3. The normalized spacial score (nSPS) is 17.0. The van der Waals surface area contributed by atoms with Crippen molar-refractivity contribution < 1.29 is 33.4 Å². The number of thioether (sulfide) groups is 1. The third kappa shape index (κ3) is 5.07. The maximum Gasteiger partial charge on any atom is 0.344 e. The fourth-order valence-electron chi connectivity index (χ4n) is 2.87. The highest BCUT2D eigenvalue weighted by Gasteiger charge is 2.35. The molecular formula is C22H20O7S. The van der Waals surface area contributed by atoms with E-state index in [2.05, 4.69) is 6.58 Å². The second-order valence-corrected chi connectivity index (χ2v) is 7.76. The third-order valence-corrected chi connectivity index (χ3v) is 5.61. The Morgan fingerprint density at radius 2 is 1.87 bits per heavy atom. The molecule has 0 radical (unpaired) electrons. The molecule has 0 N–H and O–H groups in total. The highest BCUT2D eigenvalue weighted by Crippen LogP contribution is 2.42. The predicted molar refractivity (Wildman–Crippen MR) is 108 cm³/mol. The molecule has 0 aromatic heterocycles. The van der Waals surface area contributed by atoms with Crippen LogP contribution in [0.3, 0.4) is 0 Å². The lowest BCUT2D eigenvalue weighted by Crippen LogP contribution is -2.31. The summed E-state index contributed by atoms with van der Waals surface area (Å²) in [5.41, 5.74) is 1.84. The summed E-state index contributed by atoms with van der Waals surface area (Å²) in [6.07, 6.45) is 3.70. The Kier molecular flexibility index (Phi) is 6.89. The highest BCUT2D eigenvalue weighted by atomic mass is 32.2. The molecule has 7 nitrogen and oxygen atoms in total. The molecule has 2 aliphatic rings. The highest BCUT2D eigenvalue weighted by molar-refractivity contribution is 8.03. The Hall–Kier alpha value is -3.13. The van der Waals surface area contributed by atoms with Gasteiger partial charge in [-0.3, -0.25) is 9.59 Å². The van der Waals surface area contributed by atoms with Crippen molar-refractivity contribution in [1.29, 1.82) is 0 Å². The molecule has 3 rings (SSSR count). The molecular weight excluding hydrogens is 408 g/mol. The topological polar surface area (TPSA) is 96.0 Å². The van der Waals surface area contributed by atoms with Gasteiger partial charge in [0, 0.05) is 27.4 Å². The maximum absolute atomic E-state index is 12.8. The lowest BCUT2D eigenvalue weighted by atomic mass is 9.88. The average molecular weight is 428 g/mol. The molecule has 1 atom stereocenters. The minimum atomic E-state index is -1.08. The summed E-state index contributed by atoms with van der Waals surface area (Å²) in [6.45, 7) is 3.99. The Balaban J connectivity index is 1.47. The summed E-state index contributed by atoms with van der Waals surface area (Å²) in [5, 5.41) is 0. The zero-order valence-corrected chi connectivity index (χ0v) is 17.2. The molecule has 1 heterocycles. The molecule has 0 spiro atoms. The minimum Gasteiger partial charge on any atom is -0.460 e. The van der Waals surface area contributed by atoms with Gasteiger partial charge in [0.15, 0.2) is 12.4 Å². The third-order valence-electron chi connectivity index (χ3n) is 4.39. The van der Waals surface area contributed by atoms with Gasteiger partial charge in [0.2, 0.25) is 0 Å². The molecule has 1 unspecified atom stereocenters. The van der Waals surface area contributed by atoms with Crippen LogP contribution in [0.4, 0.5) is 0 Å². The summed E-state index contributed by atoms with van der Waals surface area (Å²) in [5.74, 6) is -3.60. The fraction of sp³-hybridized carbons (Fsp3) is 0.273. The summed E-state index contributed by atoms with van der Waals surface area (Å²) in [4.78, 5) is 49.9. The van der Waals surface area contributed by atoms with Gasteiger partial charge in [0.1, 0.15) is 19.1 Å². The van der Waals surface area contributed by atoms with Crippen molar-refractivity contribution in [3.05, 3.63) is 64.6 Å². The summed E-state index contributed by atoms with van der Waals surface area (Å²) in [6, 6.07) is 7.79. The number of carbonyl (C=O) groups is 4. The summed E-state index contributed by atoms with van der Waals surface area (Å²) < 4.78 is 14.5. The van der Waals surface area contributed by atoms with Crippen molar-refractivity contribution in [2.45, 2.75) is 18.2 Å². The number of Topliss-reactive ketones (excluding diaryl/α,β-unsaturated/α-hetero) is 1. The van der Waals surface area contributed by atoms with Gasteiger partial charge in [-0.1, -0.05) is 48.7 Å². The lowest BCUT2D eigenvalue weighted by molar-refractivity contribution is -0.162. The number of fused-ring (bicyclic) bond motifs is 1. The molecule has 8 heteroatoms. The Morgan fingerprint density at radius 1 is 1.13 bits per heavy atom. The van der Waals surface area contributed by atoms with Crippen molar-refractivity contribution in [3.63, 3.8) is 0 Å². The van der Waals surface area contributed by atoms with Gasteiger partial charge in [0.25, 0.3) is 0 Å². The van der Waals surface area contributed by atoms with Crippen molar-refractivity contribution in [2.75, 3.05) is 19.8 Å². The van der Waals surface area contributed by atoms with Crippen molar-refractivity contribution >= 4 is 35.5 Å². The van der Waals surface area contributed by atoms with Gasteiger partial charge >= 0.3 is 17.9 Å². The van der Waals surface area contributed by atoms with Crippen LogP contribution in [0.5, 0.6) is 0 Å². The number of esters is 3. The van der Waals surface area contributed by atoms with E-state index in [1.807, 2.05) is 24.3 Å². The minimum absolute atomic E-state index is 0.134.